The standard InChI is InChI=1S/C7H10BrN3O/c1-3-11-4-5(8)6(10-11)7(12)9-2/h4H,3H2,1-2H3,(H,9,12). The molecule has 1 heterocycles. The van der Waals surface area contributed by atoms with E-state index < -0.39 is 0 Å². The predicted molar refractivity (Wildman–Crippen MR) is 49.0 cm³/mol. The lowest BCUT2D eigenvalue weighted by Crippen LogP contribution is -2.19. The van der Waals surface area contributed by atoms with E-state index in [1.54, 1.807) is 17.9 Å². The molecule has 0 bridgehead atoms. The van der Waals surface area contributed by atoms with Crippen LogP contribution in [0, 0.1) is 0 Å². The van der Waals surface area contributed by atoms with Crippen LogP contribution < -0.4 is 5.32 Å². The van der Waals surface area contributed by atoms with Gasteiger partial charge >= 0.3 is 0 Å². The summed E-state index contributed by atoms with van der Waals surface area (Å²) in [7, 11) is 1.58. The molecule has 0 aliphatic heterocycles. The highest BCUT2D eigenvalue weighted by Gasteiger charge is 2.12. The molecule has 0 saturated carbocycles. The van der Waals surface area contributed by atoms with E-state index in [9.17, 15) is 4.79 Å². The molecule has 0 spiro atoms. The smallest absolute Gasteiger partial charge is 0.272 e. The number of halogens is 1. The van der Waals surface area contributed by atoms with E-state index >= 15 is 0 Å². The summed E-state index contributed by atoms with van der Waals surface area (Å²) >= 11 is 3.26. The first-order valence-electron chi connectivity index (χ1n) is 3.64. The second kappa shape index (κ2) is 3.71. The van der Waals surface area contributed by atoms with E-state index in [1.165, 1.54) is 0 Å². The van der Waals surface area contributed by atoms with E-state index in [0.717, 1.165) is 11.0 Å². The molecule has 0 fully saturated rings. The van der Waals surface area contributed by atoms with Crippen LogP contribution in [0.2, 0.25) is 0 Å². The number of nitrogens with zero attached hydrogens (tertiary/aromatic N) is 2. The number of aromatic nitrogens is 2. The normalized spacial score (nSPS) is 9.92. The maximum atomic E-state index is 11.1. The van der Waals surface area contributed by atoms with Crippen molar-refractivity contribution in [1.29, 1.82) is 0 Å². The summed E-state index contributed by atoms with van der Waals surface area (Å²) in [5.41, 5.74) is 0.430. The maximum Gasteiger partial charge on any atom is 0.272 e. The lowest BCUT2D eigenvalue weighted by Gasteiger charge is -1.94. The van der Waals surface area contributed by atoms with Crippen LogP contribution in [0.3, 0.4) is 0 Å². The summed E-state index contributed by atoms with van der Waals surface area (Å²) in [6, 6.07) is 0. The fourth-order valence-corrected chi connectivity index (χ4v) is 1.33. The topological polar surface area (TPSA) is 46.9 Å². The van der Waals surface area contributed by atoms with E-state index in [2.05, 4.69) is 26.3 Å². The van der Waals surface area contributed by atoms with E-state index in [1.807, 2.05) is 6.92 Å². The van der Waals surface area contributed by atoms with Crippen molar-refractivity contribution < 1.29 is 4.79 Å². The number of carbonyl (C=O) groups excluding carboxylic acids is 1. The van der Waals surface area contributed by atoms with Crippen molar-refractivity contribution in [2.75, 3.05) is 7.05 Å². The third-order valence-corrected chi connectivity index (χ3v) is 2.06. The van der Waals surface area contributed by atoms with Crippen molar-refractivity contribution in [2.24, 2.45) is 0 Å². The number of hydrogen-bond acceptors (Lipinski definition) is 2. The Bertz CT molecular complexity index is 295. The van der Waals surface area contributed by atoms with Gasteiger partial charge in [-0.05, 0) is 22.9 Å². The summed E-state index contributed by atoms with van der Waals surface area (Å²) in [4.78, 5) is 11.1. The van der Waals surface area contributed by atoms with Crippen molar-refractivity contribution in [3.05, 3.63) is 16.4 Å². The van der Waals surface area contributed by atoms with Crippen molar-refractivity contribution >= 4 is 21.8 Å². The van der Waals surface area contributed by atoms with Crippen LogP contribution >= 0.6 is 15.9 Å². The Morgan fingerprint density at radius 3 is 2.92 bits per heavy atom. The van der Waals surface area contributed by atoms with Crippen LogP contribution in [0.4, 0.5) is 0 Å². The number of rotatable bonds is 2. The average Bonchev–Trinajstić information content (AvgIpc) is 2.45. The molecule has 66 valence electrons. The molecule has 1 N–H and O–H groups in total. The average molecular weight is 232 g/mol. The molecule has 5 heteroatoms. The van der Waals surface area contributed by atoms with Crippen LogP contribution in [0.25, 0.3) is 0 Å². The quantitative estimate of drug-likeness (QED) is 0.827. The zero-order chi connectivity index (χ0) is 9.14. The number of aryl methyl sites for hydroxylation is 1. The first kappa shape index (κ1) is 9.25. The minimum Gasteiger partial charge on any atom is -0.354 e. The van der Waals surface area contributed by atoms with Crippen LogP contribution in [0.5, 0.6) is 0 Å². The van der Waals surface area contributed by atoms with Gasteiger partial charge in [0.2, 0.25) is 0 Å². The van der Waals surface area contributed by atoms with Gasteiger partial charge in [-0.25, -0.2) is 0 Å². The van der Waals surface area contributed by atoms with Gasteiger partial charge in [-0.2, -0.15) is 5.10 Å². The number of amides is 1. The van der Waals surface area contributed by atoms with Crippen molar-refractivity contribution in [3.63, 3.8) is 0 Å². The molecule has 1 amide bonds. The molecule has 0 aliphatic carbocycles. The first-order chi connectivity index (χ1) is 5.69. The lowest BCUT2D eigenvalue weighted by molar-refractivity contribution is 0.0956. The molecule has 12 heavy (non-hydrogen) atoms. The zero-order valence-corrected chi connectivity index (χ0v) is 8.55. The molecule has 0 saturated heterocycles. The molecule has 1 aromatic heterocycles. The van der Waals surface area contributed by atoms with Gasteiger partial charge in [0.1, 0.15) is 0 Å². The highest BCUT2D eigenvalue weighted by atomic mass is 79.9. The molecule has 4 nitrogen and oxygen atoms in total. The summed E-state index contributed by atoms with van der Waals surface area (Å²) in [5, 5.41) is 6.57. The number of nitrogens with one attached hydrogen (secondary N) is 1. The molecule has 1 aromatic rings. The Labute approximate surface area is 79.1 Å². The molecule has 0 unspecified atom stereocenters. The Balaban J connectivity index is 2.99. The molecule has 0 radical (unpaired) electrons. The van der Waals surface area contributed by atoms with Crippen molar-refractivity contribution in [2.45, 2.75) is 13.5 Å². The Morgan fingerprint density at radius 2 is 2.50 bits per heavy atom. The highest BCUT2D eigenvalue weighted by Crippen LogP contribution is 2.14. The summed E-state index contributed by atoms with van der Waals surface area (Å²) < 4.78 is 2.43. The van der Waals surface area contributed by atoms with Crippen molar-refractivity contribution in [3.8, 4) is 0 Å². The van der Waals surface area contributed by atoms with Gasteiger partial charge in [-0.3, -0.25) is 9.48 Å². The lowest BCUT2D eigenvalue weighted by atomic mass is 10.4. The molecule has 0 aliphatic rings. The van der Waals surface area contributed by atoms with Gasteiger partial charge in [0.25, 0.3) is 5.91 Å². The van der Waals surface area contributed by atoms with E-state index in [4.69, 9.17) is 0 Å². The van der Waals surface area contributed by atoms with E-state index in [-0.39, 0.29) is 5.91 Å². The number of hydrogen-bond donors (Lipinski definition) is 1. The monoisotopic (exact) mass is 231 g/mol. The predicted octanol–water partition coefficient (Wildman–Crippen LogP) is 1.03. The summed E-state index contributed by atoms with van der Waals surface area (Å²) in [6.07, 6.45) is 1.78. The molecular weight excluding hydrogens is 222 g/mol. The third-order valence-electron chi connectivity index (χ3n) is 1.48. The number of carbonyl (C=O) groups is 1. The summed E-state index contributed by atoms with van der Waals surface area (Å²) in [5.74, 6) is -0.172. The van der Waals surface area contributed by atoms with Gasteiger partial charge in [0.05, 0.1) is 4.47 Å². The fraction of sp³-hybridized carbons (Fsp3) is 0.429. The van der Waals surface area contributed by atoms with Crippen LogP contribution in [0.1, 0.15) is 17.4 Å². The fourth-order valence-electron chi connectivity index (χ4n) is 0.831. The maximum absolute atomic E-state index is 11.1. The van der Waals surface area contributed by atoms with Gasteiger partial charge in [-0.15, -0.1) is 0 Å². The van der Waals surface area contributed by atoms with Gasteiger partial charge in [0, 0.05) is 19.8 Å². The second-order valence-electron chi connectivity index (χ2n) is 2.26. The van der Waals surface area contributed by atoms with Gasteiger partial charge < -0.3 is 5.32 Å². The summed E-state index contributed by atoms with van der Waals surface area (Å²) in [6.45, 7) is 2.72. The second-order valence-corrected chi connectivity index (χ2v) is 3.11. The molecule has 0 aromatic carbocycles. The largest absolute Gasteiger partial charge is 0.354 e. The van der Waals surface area contributed by atoms with Gasteiger partial charge in [0.15, 0.2) is 5.69 Å². The minimum absolute atomic E-state index is 0.172. The molecule has 0 atom stereocenters. The SMILES string of the molecule is CCn1cc(Br)c(C(=O)NC)n1. The van der Waals surface area contributed by atoms with Gasteiger partial charge in [-0.1, -0.05) is 0 Å². The molecule has 1 rings (SSSR count). The Kier molecular flexibility index (Phi) is 2.86. The Hall–Kier alpha value is -0.840. The van der Waals surface area contributed by atoms with Crippen LogP contribution in [-0.2, 0) is 6.54 Å². The first-order valence-corrected chi connectivity index (χ1v) is 4.43. The molecular formula is C7H10BrN3O. The minimum atomic E-state index is -0.172. The van der Waals surface area contributed by atoms with Crippen LogP contribution in [0.15, 0.2) is 10.7 Å². The third kappa shape index (κ3) is 1.66. The van der Waals surface area contributed by atoms with Crippen molar-refractivity contribution in [1.82, 2.24) is 15.1 Å². The Morgan fingerprint density at radius 1 is 1.83 bits per heavy atom. The zero-order valence-electron chi connectivity index (χ0n) is 6.97. The highest BCUT2D eigenvalue weighted by molar-refractivity contribution is 9.10. The van der Waals surface area contributed by atoms with Crippen LogP contribution in [-0.4, -0.2) is 22.7 Å². The van der Waals surface area contributed by atoms with E-state index in [0.29, 0.717) is 5.69 Å².